The number of anilines is 2. The van der Waals surface area contributed by atoms with Gasteiger partial charge in [0.1, 0.15) is 29.2 Å². The first-order valence-electron chi connectivity index (χ1n) is 13.4. The van der Waals surface area contributed by atoms with E-state index in [1.165, 1.54) is 6.33 Å². The van der Waals surface area contributed by atoms with Crippen molar-refractivity contribution in [3.05, 3.63) is 42.2 Å². The molecule has 4 heterocycles. The Hall–Kier alpha value is -3.67. The van der Waals surface area contributed by atoms with Crippen molar-refractivity contribution in [2.45, 2.75) is 38.6 Å². The number of ether oxygens (including phenoxy) is 2. The minimum Gasteiger partial charge on any atom is -0.494 e. The Morgan fingerprint density at radius 2 is 1.85 bits per heavy atom. The van der Waals surface area contributed by atoms with Gasteiger partial charge in [0.05, 0.1) is 29.5 Å². The maximum atomic E-state index is 12.5. The van der Waals surface area contributed by atoms with Crippen molar-refractivity contribution in [2.24, 2.45) is 0 Å². The summed E-state index contributed by atoms with van der Waals surface area (Å²) in [7, 11) is -3.07. The molecule has 0 saturated carbocycles. The number of carbonyl (C=O) groups is 1. The number of rotatable bonds is 1. The number of benzene rings is 1. The quantitative estimate of drug-likeness (QED) is 0.462. The molecule has 6 bridgehead atoms. The minimum atomic E-state index is -3.07. The van der Waals surface area contributed by atoms with Gasteiger partial charge in [-0.05, 0) is 43.5 Å². The van der Waals surface area contributed by atoms with Gasteiger partial charge in [-0.1, -0.05) is 25.0 Å². The second-order valence-corrected chi connectivity index (χ2v) is 12.2. The summed E-state index contributed by atoms with van der Waals surface area (Å²) in [6.45, 7) is 3.68. The lowest BCUT2D eigenvalue weighted by atomic mass is 10.1. The van der Waals surface area contributed by atoms with Crippen molar-refractivity contribution in [2.75, 3.05) is 54.6 Å². The van der Waals surface area contributed by atoms with Crippen LogP contribution in [0.1, 0.15) is 44.2 Å². The molecule has 2 N–H and O–H groups in total. The van der Waals surface area contributed by atoms with Gasteiger partial charge in [-0.2, -0.15) is 4.98 Å². The third-order valence-electron chi connectivity index (χ3n) is 6.96. The lowest BCUT2D eigenvalue weighted by molar-refractivity contribution is -0.123. The molecule has 1 saturated heterocycles. The van der Waals surface area contributed by atoms with Crippen LogP contribution in [-0.4, -0.2) is 73.6 Å². The summed E-state index contributed by atoms with van der Waals surface area (Å²) >= 11 is 0. The fourth-order valence-electron chi connectivity index (χ4n) is 4.69. The highest BCUT2D eigenvalue weighted by atomic mass is 32.2. The van der Waals surface area contributed by atoms with Gasteiger partial charge in [0, 0.05) is 19.6 Å². The number of hydrogen-bond donors (Lipinski definition) is 2. The molecule has 0 unspecified atom stereocenters. The van der Waals surface area contributed by atoms with Crippen LogP contribution >= 0.6 is 0 Å². The predicted molar refractivity (Wildman–Crippen MR) is 149 cm³/mol. The number of sulfone groups is 1. The summed E-state index contributed by atoms with van der Waals surface area (Å²) in [6, 6.07) is 9.75. The van der Waals surface area contributed by atoms with E-state index in [2.05, 4.69) is 25.6 Å². The number of carbonyl (C=O) groups excluding carboxylic acids is 1. The van der Waals surface area contributed by atoms with Crippen LogP contribution in [0.4, 0.5) is 11.6 Å². The molecular formula is C27H34N6O5S. The zero-order valence-corrected chi connectivity index (χ0v) is 22.9. The molecule has 3 aromatic rings. The molecule has 2 aliphatic heterocycles. The van der Waals surface area contributed by atoms with E-state index in [0.717, 1.165) is 37.0 Å². The van der Waals surface area contributed by atoms with Crippen LogP contribution in [-0.2, 0) is 14.6 Å². The van der Waals surface area contributed by atoms with Crippen molar-refractivity contribution in [1.29, 1.82) is 0 Å². The summed E-state index contributed by atoms with van der Waals surface area (Å²) in [5.74, 6) is 2.02. The first kappa shape index (κ1) is 26.9. The third kappa shape index (κ3) is 6.86. The Balaban J connectivity index is 1.51. The summed E-state index contributed by atoms with van der Waals surface area (Å²) in [5.41, 5.74) is 1.50. The van der Waals surface area contributed by atoms with Gasteiger partial charge in [-0.25, -0.2) is 18.4 Å². The van der Waals surface area contributed by atoms with Crippen LogP contribution in [0, 0.1) is 0 Å². The van der Waals surface area contributed by atoms with Gasteiger partial charge < -0.3 is 25.0 Å². The number of amides is 1. The molecule has 2 aliphatic rings. The molecule has 1 atom stereocenters. The third-order valence-corrected chi connectivity index (χ3v) is 8.57. The highest BCUT2D eigenvalue weighted by molar-refractivity contribution is 7.91. The summed E-state index contributed by atoms with van der Waals surface area (Å²) in [6.07, 6.45) is 5.26. The molecule has 0 spiro atoms. The number of fused-ring (bicyclic) bond motifs is 2. The van der Waals surface area contributed by atoms with E-state index in [9.17, 15) is 13.2 Å². The summed E-state index contributed by atoms with van der Waals surface area (Å²) in [4.78, 5) is 28.0. The van der Waals surface area contributed by atoms with Crippen molar-refractivity contribution in [1.82, 2.24) is 20.3 Å². The molecule has 0 aliphatic carbocycles. The topological polar surface area (TPSA) is 136 Å². The molecule has 5 rings (SSSR count). The van der Waals surface area contributed by atoms with Crippen LogP contribution in [0.5, 0.6) is 11.6 Å². The van der Waals surface area contributed by atoms with Gasteiger partial charge in [-0.3, -0.25) is 4.79 Å². The average Bonchev–Trinajstić information content (AvgIpc) is 2.93. The van der Waals surface area contributed by atoms with E-state index < -0.39 is 9.84 Å². The van der Waals surface area contributed by atoms with E-state index in [1.54, 1.807) is 0 Å². The van der Waals surface area contributed by atoms with E-state index >= 15 is 0 Å². The highest BCUT2D eigenvalue weighted by Gasteiger charge is 2.25. The molecule has 208 valence electrons. The van der Waals surface area contributed by atoms with Crippen LogP contribution in [0.25, 0.3) is 10.9 Å². The Kier molecular flexibility index (Phi) is 8.30. The van der Waals surface area contributed by atoms with Crippen LogP contribution < -0.4 is 25.0 Å². The maximum Gasteiger partial charge on any atom is 0.258 e. The first-order valence-corrected chi connectivity index (χ1v) is 15.2. The number of nitrogens with zero attached hydrogens (tertiary/aromatic N) is 4. The fourth-order valence-corrected chi connectivity index (χ4v) is 5.89. The lowest BCUT2D eigenvalue weighted by Crippen LogP contribution is -2.40. The standard InChI is InChI=1S/C27H34N6O5S/c1-19-20-7-6-8-21(15-20)37-12-5-3-2-4-9-28-24(34)17-38-27-25-22(26(31-19)30-18-29-25)16-23(32-27)33-10-13-39(35,36)14-11-33/h6-8,15-16,18-19H,2-5,9-14,17H2,1H3,(H,28,34)(H,29,30,31)/t19-/m1/s1. The number of aromatic nitrogens is 3. The van der Waals surface area contributed by atoms with Gasteiger partial charge >= 0.3 is 0 Å². The SMILES string of the molecule is C[C@H]1Nc2ncnc3c(nc(N4CCS(=O)(=O)CC4)cc23)OCC(=O)NCCCCCCOc2cccc1c2. The Morgan fingerprint density at radius 3 is 2.69 bits per heavy atom. The largest absolute Gasteiger partial charge is 0.494 e. The number of nitrogens with one attached hydrogen (secondary N) is 2. The zero-order valence-electron chi connectivity index (χ0n) is 22.1. The normalized spacial score (nSPS) is 20.8. The number of hydrogen-bond acceptors (Lipinski definition) is 10. The van der Waals surface area contributed by atoms with Crippen molar-refractivity contribution in [3.63, 3.8) is 0 Å². The molecule has 0 radical (unpaired) electrons. The van der Waals surface area contributed by atoms with E-state index in [0.29, 0.717) is 48.8 Å². The molecule has 1 fully saturated rings. The average molecular weight is 555 g/mol. The van der Waals surface area contributed by atoms with Gasteiger partial charge in [0.25, 0.3) is 5.91 Å². The maximum absolute atomic E-state index is 12.5. The van der Waals surface area contributed by atoms with Crippen LogP contribution in [0.2, 0.25) is 0 Å². The molecule has 39 heavy (non-hydrogen) atoms. The Labute approximate surface area is 228 Å². The Morgan fingerprint density at radius 1 is 1.03 bits per heavy atom. The Bertz CT molecular complexity index is 1420. The molecule has 1 amide bonds. The molecule has 2 aromatic heterocycles. The first-order chi connectivity index (χ1) is 18.9. The molecule has 12 heteroatoms. The highest BCUT2D eigenvalue weighted by Crippen LogP contribution is 2.33. The second kappa shape index (κ2) is 12.0. The van der Waals surface area contributed by atoms with E-state index in [4.69, 9.17) is 9.47 Å². The fraction of sp³-hybridized carbons (Fsp3) is 0.481. The molecule has 11 nitrogen and oxygen atoms in total. The van der Waals surface area contributed by atoms with Crippen LogP contribution in [0.15, 0.2) is 36.7 Å². The zero-order chi connectivity index (χ0) is 27.2. The van der Waals surface area contributed by atoms with Gasteiger partial charge in [0.15, 0.2) is 16.4 Å². The summed E-state index contributed by atoms with van der Waals surface area (Å²) < 4.78 is 35.9. The van der Waals surface area contributed by atoms with Crippen molar-refractivity contribution in [3.8, 4) is 11.6 Å². The molecule has 1 aromatic carbocycles. The monoisotopic (exact) mass is 554 g/mol. The van der Waals surface area contributed by atoms with Crippen molar-refractivity contribution < 1.29 is 22.7 Å². The second-order valence-electron chi connectivity index (χ2n) is 9.88. The van der Waals surface area contributed by atoms with E-state index in [1.807, 2.05) is 42.2 Å². The smallest absolute Gasteiger partial charge is 0.258 e. The molecular weight excluding hydrogens is 520 g/mol. The predicted octanol–water partition coefficient (Wildman–Crippen LogP) is 2.88. The van der Waals surface area contributed by atoms with Crippen LogP contribution in [0.3, 0.4) is 0 Å². The van der Waals surface area contributed by atoms with Crippen molar-refractivity contribution >= 4 is 38.3 Å². The lowest BCUT2D eigenvalue weighted by Gasteiger charge is -2.28. The van der Waals surface area contributed by atoms with Gasteiger partial charge in [0.2, 0.25) is 5.88 Å². The van der Waals surface area contributed by atoms with Gasteiger partial charge in [-0.15, -0.1) is 0 Å². The minimum absolute atomic E-state index is 0.0527. The van der Waals surface area contributed by atoms with E-state index in [-0.39, 0.29) is 35.9 Å². The summed E-state index contributed by atoms with van der Waals surface area (Å²) in [5, 5.41) is 7.04. The number of pyridine rings is 1.